The minimum absolute atomic E-state index is 0.0713. The van der Waals surface area contributed by atoms with Crippen molar-refractivity contribution >= 4 is 21.8 Å². The number of hydrogen-bond donors (Lipinski definition) is 1. The Hall–Kier alpha value is -2.97. The highest BCUT2D eigenvalue weighted by atomic mass is 16.5. The molecule has 1 heterocycles. The first-order valence-corrected chi connectivity index (χ1v) is 9.33. The van der Waals surface area contributed by atoms with Crippen molar-refractivity contribution in [3.05, 3.63) is 46.6 Å². The Labute approximate surface area is 164 Å². The van der Waals surface area contributed by atoms with Gasteiger partial charge in [0.1, 0.15) is 17.1 Å². The topological polar surface area (TPSA) is 60.7 Å². The number of benzene rings is 2. The van der Waals surface area contributed by atoms with Gasteiger partial charge in [-0.05, 0) is 38.8 Å². The molecule has 0 radical (unpaired) electrons. The third-order valence-corrected chi connectivity index (χ3v) is 4.79. The number of phenols is 1. The molecule has 0 amide bonds. The van der Waals surface area contributed by atoms with Crippen LogP contribution in [0.2, 0.25) is 0 Å². The summed E-state index contributed by atoms with van der Waals surface area (Å²) >= 11 is 0. The zero-order valence-electron chi connectivity index (χ0n) is 16.5. The molecule has 0 saturated carbocycles. The summed E-state index contributed by atoms with van der Waals surface area (Å²) in [7, 11) is 1.87. The first kappa shape index (κ1) is 19.8. The van der Waals surface area contributed by atoms with Gasteiger partial charge in [-0.2, -0.15) is 0 Å². The van der Waals surface area contributed by atoms with Crippen LogP contribution in [-0.2, 0) is 11.8 Å². The number of fused-ring (bicyclic) bond motifs is 2. The Bertz CT molecular complexity index is 1110. The first-order valence-electron chi connectivity index (χ1n) is 9.33. The molecule has 0 aliphatic carbocycles. The summed E-state index contributed by atoms with van der Waals surface area (Å²) in [6.07, 6.45) is 6.99. The molecule has 0 fully saturated rings. The number of aromatic hydroxyl groups is 1. The minimum atomic E-state index is -0.557. The van der Waals surface area contributed by atoms with Crippen LogP contribution in [0.3, 0.4) is 0 Å². The van der Waals surface area contributed by atoms with Gasteiger partial charge in [0.2, 0.25) is 5.43 Å². The molecule has 0 aliphatic rings. The highest BCUT2D eigenvalue weighted by Crippen LogP contribution is 2.30. The summed E-state index contributed by atoms with van der Waals surface area (Å²) in [6, 6.07) is 10.6. The van der Waals surface area contributed by atoms with Crippen LogP contribution in [0.15, 0.2) is 41.2 Å². The maximum Gasteiger partial charge on any atom is 0.200 e. The third-order valence-electron chi connectivity index (χ3n) is 4.79. The van der Waals surface area contributed by atoms with Crippen molar-refractivity contribution in [2.75, 3.05) is 13.2 Å². The zero-order valence-corrected chi connectivity index (χ0v) is 16.5. The van der Waals surface area contributed by atoms with Crippen molar-refractivity contribution in [3.63, 3.8) is 0 Å². The minimum Gasteiger partial charge on any atom is -0.507 e. The van der Waals surface area contributed by atoms with Gasteiger partial charge in [-0.15, -0.1) is 6.42 Å². The molecule has 0 aliphatic heterocycles. The monoisotopic (exact) mass is 379 g/mol. The molecule has 0 saturated heterocycles. The number of aryl methyl sites for hydroxylation is 1. The van der Waals surface area contributed by atoms with Gasteiger partial charge in [0, 0.05) is 31.2 Å². The van der Waals surface area contributed by atoms with Crippen molar-refractivity contribution in [1.82, 2.24) is 4.57 Å². The molecule has 0 spiro atoms. The van der Waals surface area contributed by atoms with Gasteiger partial charge in [0.25, 0.3) is 0 Å². The van der Waals surface area contributed by atoms with Gasteiger partial charge in [-0.1, -0.05) is 18.1 Å². The average Bonchev–Trinajstić information content (AvgIpc) is 2.68. The van der Waals surface area contributed by atoms with Gasteiger partial charge >= 0.3 is 0 Å². The number of para-hydroxylation sites is 1. The molecule has 1 aromatic heterocycles. The molecule has 0 atom stereocenters. The van der Waals surface area contributed by atoms with E-state index in [4.69, 9.17) is 15.9 Å². The summed E-state index contributed by atoms with van der Waals surface area (Å²) in [5, 5.41) is 11.3. The summed E-state index contributed by atoms with van der Waals surface area (Å²) in [4.78, 5) is 12.8. The molecule has 146 valence electrons. The fraction of sp³-hybridized carbons (Fsp3) is 0.348. The lowest BCUT2D eigenvalue weighted by atomic mass is 10.1. The predicted molar refractivity (Wildman–Crippen MR) is 112 cm³/mol. The largest absolute Gasteiger partial charge is 0.507 e. The van der Waals surface area contributed by atoms with E-state index in [1.54, 1.807) is 12.1 Å². The second-order valence-corrected chi connectivity index (χ2v) is 7.30. The molecule has 1 N–H and O–H groups in total. The number of aromatic nitrogens is 1. The number of phenolic OH excluding ortho intramolecular Hbond substituents is 1. The number of ether oxygens (including phenoxy) is 2. The Kier molecular flexibility index (Phi) is 5.62. The van der Waals surface area contributed by atoms with E-state index >= 15 is 0 Å². The van der Waals surface area contributed by atoms with Crippen molar-refractivity contribution < 1.29 is 14.6 Å². The van der Waals surface area contributed by atoms with E-state index in [1.165, 1.54) is 6.07 Å². The van der Waals surface area contributed by atoms with E-state index in [0.717, 1.165) is 18.4 Å². The van der Waals surface area contributed by atoms with Crippen molar-refractivity contribution in [2.45, 2.75) is 32.3 Å². The summed E-state index contributed by atoms with van der Waals surface area (Å²) in [5.74, 6) is 3.05. The number of unbranched alkanes of at least 4 members (excludes halogenated alkanes) is 1. The fourth-order valence-electron chi connectivity index (χ4n) is 3.15. The van der Waals surface area contributed by atoms with Crippen molar-refractivity contribution in [1.29, 1.82) is 0 Å². The average molecular weight is 379 g/mol. The maximum atomic E-state index is 12.8. The Morgan fingerprint density at radius 3 is 2.61 bits per heavy atom. The van der Waals surface area contributed by atoms with Gasteiger partial charge in [-0.25, -0.2) is 0 Å². The van der Waals surface area contributed by atoms with Crippen LogP contribution >= 0.6 is 0 Å². The molecule has 0 unspecified atom stereocenters. The molecule has 5 nitrogen and oxygen atoms in total. The first-order chi connectivity index (χ1) is 13.3. The van der Waals surface area contributed by atoms with Gasteiger partial charge in [-0.3, -0.25) is 4.79 Å². The molecule has 5 heteroatoms. The second kappa shape index (κ2) is 7.95. The van der Waals surface area contributed by atoms with E-state index in [9.17, 15) is 9.90 Å². The molecule has 2 aromatic carbocycles. The van der Waals surface area contributed by atoms with E-state index < -0.39 is 5.60 Å². The third kappa shape index (κ3) is 3.97. The van der Waals surface area contributed by atoms with Gasteiger partial charge < -0.3 is 19.1 Å². The van der Waals surface area contributed by atoms with E-state index in [1.807, 2.05) is 43.7 Å². The molecular weight excluding hydrogens is 354 g/mol. The van der Waals surface area contributed by atoms with Crippen LogP contribution in [0.5, 0.6) is 11.5 Å². The van der Waals surface area contributed by atoms with E-state index in [0.29, 0.717) is 35.3 Å². The van der Waals surface area contributed by atoms with Crippen LogP contribution < -0.4 is 10.2 Å². The van der Waals surface area contributed by atoms with Crippen LogP contribution in [0.1, 0.15) is 26.7 Å². The predicted octanol–water partition coefficient (Wildman–Crippen LogP) is 3.98. The van der Waals surface area contributed by atoms with Gasteiger partial charge in [0.05, 0.1) is 23.0 Å². The van der Waals surface area contributed by atoms with Crippen LogP contribution in [0.4, 0.5) is 0 Å². The van der Waals surface area contributed by atoms with Crippen LogP contribution in [0, 0.1) is 12.3 Å². The highest BCUT2D eigenvalue weighted by molar-refractivity contribution is 5.97. The Morgan fingerprint density at radius 2 is 1.86 bits per heavy atom. The van der Waals surface area contributed by atoms with Gasteiger partial charge in [0.15, 0.2) is 0 Å². The van der Waals surface area contributed by atoms with Crippen molar-refractivity contribution in [3.8, 4) is 23.8 Å². The lowest BCUT2D eigenvalue weighted by molar-refractivity contribution is 0.0237. The molecule has 0 bridgehead atoms. The zero-order chi connectivity index (χ0) is 20.3. The van der Waals surface area contributed by atoms with E-state index in [-0.39, 0.29) is 11.2 Å². The number of rotatable bonds is 7. The SMILES string of the molecule is C#CC(C)(C)OCCCCOc1cc(O)c2c(=O)c3ccccc3n(C)c2c1. The van der Waals surface area contributed by atoms with Crippen molar-refractivity contribution in [2.24, 2.45) is 7.05 Å². The molecular formula is C23H25NO4. The standard InChI is InChI=1S/C23H25NO4/c1-5-23(2,3)28-13-9-8-12-27-16-14-19-21(20(25)15-16)22(26)17-10-6-7-11-18(17)24(19)4/h1,6-7,10-11,14-15,25H,8-9,12-13H2,2-4H3. The molecule has 3 aromatic rings. The lowest BCUT2D eigenvalue weighted by Crippen LogP contribution is -2.22. The number of hydrogen-bond acceptors (Lipinski definition) is 4. The molecule has 3 rings (SSSR count). The highest BCUT2D eigenvalue weighted by Gasteiger charge is 2.15. The fourth-order valence-corrected chi connectivity index (χ4v) is 3.15. The van der Waals surface area contributed by atoms with Crippen LogP contribution in [-0.4, -0.2) is 28.5 Å². The summed E-state index contributed by atoms with van der Waals surface area (Å²) in [6.45, 7) is 4.75. The normalized spacial score (nSPS) is 11.6. The maximum absolute atomic E-state index is 12.8. The van der Waals surface area contributed by atoms with Crippen LogP contribution in [0.25, 0.3) is 21.8 Å². The lowest BCUT2D eigenvalue weighted by Gasteiger charge is -2.18. The Morgan fingerprint density at radius 1 is 1.14 bits per heavy atom. The van der Waals surface area contributed by atoms with E-state index in [2.05, 4.69) is 5.92 Å². The quantitative estimate of drug-likeness (QED) is 0.383. The number of pyridine rings is 1. The summed E-state index contributed by atoms with van der Waals surface area (Å²) < 4.78 is 13.3. The Balaban J connectivity index is 1.75. The molecule has 28 heavy (non-hydrogen) atoms. The summed E-state index contributed by atoms with van der Waals surface area (Å²) in [5.41, 5.74) is 0.710. The smallest absolute Gasteiger partial charge is 0.200 e. The number of terminal acetylenes is 1. The number of nitrogens with zero attached hydrogens (tertiary/aromatic N) is 1. The second-order valence-electron chi connectivity index (χ2n) is 7.30.